The molecule has 4 heteroatoms. The van der Waals surface area contributed by atoms with Crippen LogP contribution in [0.1, 0.15) is 41.3 Å². The first-order valence-electron chi connectivity index (χ1n) is 9.33. The Kier molecular flexibility index (Phi) is 6.18. The summed E-state index contributed by atoms with van der Waals surface area (Å²) in [6.07, 6.45) is 6.86. The van der Waals surface area contributed by atoms with Gasteiger partial charge in [0, 0.05) is 49.8 Å². The molecule has 0 saturated carbocycles. The van der Waals surface area contributed by atoms with Crippen molar-refractivity contribution in [2.24, 2.45) is 0 Å². The van der Waals surface area contributed by atoms with Gasteiger partial charge >= 0.3 is 0 Å². The molecule has 26 heavy (non-hydrogen) atoms. The number of rotatable bonds is 8. The third-order valence-corrected chi connectivity index (χ3v) is 4.72. The van der Waals surface area contributed by atoms with Gasteiger partial charge < -0.3 is 0 Å². The highest BCUT2D eigenvalue weighted by atomic mass is 15.3. The Labute approximate surface area is 156 Å². The lowest BCUT2D eigenvalue weighted by Crippen LogP contribution is -2.22. The lowest BCUT2D eigenvalue weighted by molar-refractivity contribution is 0.247. The zero-order valence-corrected chi connectivity index (χ0v) is 16.0. The minimum atomic E-state index is 0.895. The molecule has 4 nitrogen and oxygen atoms in total. The van der Waals surface area contributed by atoms with E-state index in [0.29, 0.717) is 0 Å². The van der Waals surface area contributed by atoms with Crippen LogP contribution in [-0.2, 0) is 26.2 Å². The molecule has 0 aliphatic carbocycles. The van der Waals surface area contributed by atoms with Gasteiger partial charge in [0.2, 0.25) is 0 Å². The van der Waals surface area contributed by atoms with Gasteiger partial charge in [-0.1, -0.05) is 36.8 Å². The SMILES string of the molecule is CCCn1ncc(CN(Cc2ccncc2)Cc2ccc(C)cc2)c1C. The van der Waals surface area contributed by atoms with E-state index in [9.17, 15) is 0 Å². The summed E-state index contributed by atoms with van der Waals surface area (Å²) in [5.74, 6) is 0. The number of nitrogens with zero attached hydrogens (tertiary/aromatic N) is 4. The van der Waals surface area contributed by atoms with Crippen LogP contribution in [0, 0.1) is 13.8 Å². The molecule has 0 aliphatic heterocycles. The summed E-state index contributed by atoms with van der Waals surface area (Å²) >= 11 is 0. The largest absolute Gasteiger partial charge is 0.290 e. The van der Waals surface area contributed by atoms with Crippen molar-refractivity contribution in [1.29, 1.82) is 0 Å². The Morgan fingerprint density at radius 3 is 2.19 bits per heavy atom. The van der Waals surface area contributed by atoms with Gasteiger partial charge in [0.05, 0.1) is 6.20 Å². The molecule has 0 amide bonds. The summed E-state index contributed by atoms with van der Waals surface area (Å²) in [4.78, 5) is 6.61. The van der Waals surface area contributed by atoms with Gasteiger partial charge in [-0.2, -0.15) is 5.10 Å². The fourth-order valence-electron chi connectivity index (χ4n) is 3.18. The van der Waals surface area contributed by atoms with Crippen LogP contribution in [-0.4, -0.2) is 19.7 Å². The fourth-order valence-corrected chi connectivity index (χ4v) is 3.18. The fraction of sp³-hybridized carbons (Fsp3) is 0.364. The van der Waals surface area contributed by atoms with Crippen LogP contribution >= 0.6 is 0 Å². The molecule has 3 rings (SSSR count). The van der Waals surface area contributed by atoms with Crippen LogP contribution in [0.5, 0.6) is 0 Å². The molecular formula is C22H28N4. The van der Waals surface area contributed by atoms with E-state index >= 15 is 0 Å². The molecule has 0 fully saturated rings. The summed E-state index contributed by atoms with van der Waals surface area (Å²) in [6.45, 7) is 10.2. The molecule has 136 valence electrons. The van der Waals surface area contributed by atoms with E-state index in [1.165, 1.54) is 27.9 Å². The third kappa shape index (κ3) is 4.79. The van der Waals surface area contributed by atoms with Crippen molar-refractivity contribution in [3.63, 3.8) is 0 Å². The summed E-state index contributed by atoms with van der Waals surface area (Å²) in [5.41, 5.74) is 6.50. The third-order valence-electron chi connectivity index (χ3n) is 4.72. The van der Waals surface area contributed by atoms with Crippen LogP contribution in [0.4, 0.5) is 0 Å². The van der Waals surface area contributed by atoms with Crippen molar-refractivity contribution >= 4 is 0 Å². The molecule has 0 saturated heterocycles. The Hall–Kier alpha value is -2.46. The van der Waals surface area contributed by atoms with Gasteiger partial charge in [0.15, 0.2) is 0 Å². The average molecular weight is 348 g/mol. The van der Waals surface area contributed by atoms with Crippen molar-refractivity contribution in [2.45, 2.75) is 53.4 Å². The van der Waals surface area contributed by atoms with Gasteiger partial charge in [-0.05, 0) is 43.5 Å². The zero-order chi connectivity index (χ0) is 18.4. The second-order valence-corrected chi connectivity index (χ2v) is 6.96. The number of aryl methyl sites for hydroxylation is 2. The van der Waals surface area contributed by atoms with Crippen LogP contribution < -0.4 is 0 Å². The van der Waals surface area contributed by atoms with Gasteiger partial charge in [0.25, 0.3) is 0 Å². The van der Waals surface area contributed by atoms with Crippen LogP contribution in [0.15, 0.2) is 55.0 Å². The van der Waals surface area contributed by atoms with E-state index in [4.69, 9.17) is 0 Å². The molecule has 2 heterocycles. The van der Waals surface area contributed by atoms with Gasteiger partial charge in [-0.3, -0.25) is 14.6 Å². The van der Waals surface area contributed by atoms with E-state index in [0.717, 1.165) is 32.6 Å². The molecule has 3 aromatic rings. The van der Waals surface area contributed by atoms with Gasteiger partial charge in [-0.25, -0.2) is 0 Å². The van der Waals surface area contributed by atoms with Crippen molar-refractivity contribution < 1.29 is 0 Å². The monoisotopic (exact) mass is 348 g/mol. The van der Waals surface area contributed by atoms with Crippen LogP contribution in [0.3, 0.4) is 0 Å². The minimum absolute atomic E-state index is 0.895. The topological polar surface area (TPSA) is 34.0 Å². The Morgan fingerprint density at radius 2 is 1.54 bits per heavy atom. The molecular weight excluding hydrogens is 320 g/mol. The number of hydrogen-bond donors (Lipinski definition) is 0. The minimum Gasteiger partial charge on any atom is -0.290 e. The summed E-state index contributed by atoms with van der Waals surface area (Å²) in [7, 11) is 0. The molecule has 0 unspecified atom stereocenters. The number of aromatic nitrogens is 3. The summed E-state index contributed by atoms with van der Waals surface area (Å²) in [6, 6.07) is 13.0. The van der Waals surface area contributed by atoms with Crippen LogP contribution in [0.25, 0.3) is 0 Å². The number of pyridine rings is 1. The number of benzene rings is 1. The molecule has 0 radical (unpaired) electrons. The molecule has 0 spiro atoms. The average Bonchev–Trinajstić information content (AvgIpc) is 2.98. The van der Waals surface area contributed by atoms with E-state index in [1.807, 2.05) is 18.6 Å². The Morgan fingerprint density at radius 1 is 0.885 bits per heavy atom. The highest BCUT2D eigenvalue weighted by molar-refractivity contribution is 5.22. The smallest absolute Gasteiger partial charge is 0.0537 e. The Balaban J connectivity index is 1.79. The van der Waals surface area contributed by atoms with E-state index in [1.54, 1.807) is 0 Å². The molecule has 2 aromatic heterocycles. The highest BCUT2D eigenvalue weighted by Gasteiger charge is 2.13. The zero-order valence-electron chi connectivity index (χ0n) is 16.0. The maximum Gasteiger partial charge on any atom is 0.0537 e. The van der Waals surface area contributed by atoms with Crippen molar-refractivity contribution in [3.8, 4) is 0 Å². The second-order valence-electron chi connectivity index (χ2n) is 6.96. The molecule has 0 atom stereocenters. The van der Waals surface area contributed by atoms with Gasteiger partial charge in [-0.15, -0.1) is 0 Å². The van der Waals surface area contributed by atoms with Crippen molar-refractivity contribution in [3.05, 3.63) is 82.9 Å². The normalized spacial score (nSPS) is 11.2. The van der Waals surface area contributed by atoms with E-state index in [2.05, 4.69) is 76.8 Å². The Bertz CT molecular complexity index is 806. The predicted octanol–water partition coefficient (Wildman–Crippen LogP) is 4.51. The highest BCUT2D eigenvalue weighted by Crippen LogP contribution is 2.17. The van der Waals surface area contributed by atoms with E-state index in [-0.39, 0.29) is 0 Å². The second kappa shape index (κ2) is 8.77. The maximum atomic E-state index is 4.56. The first-order chi connectivity index (χ1) is 12.7. The molecule has 1 aromatic carbocycles. The summed E-state index contributed by atoms with van der Waals surface area (Å²) < 4.78 is 2.12. The first kappa shape index (κ1) is 18.3. The quantitative estimate of drug-likeness (QED) is 0.601. The van der Waals surface area contributed by atoms with Crippen LogP contribution in [0.2, 0.25) is 0 Å². The lowest BCUT2D eigenvalue weighted by Gasteiger charge is -2.22. The predicted molar refractivity (Wildman–Crippen MR) is 106 cm³/mol. The van der Waals surface area contributed by atoms with Crippen molar-refractivity contribution in [1.82, 2.24) is 19.7 Å². The molecule has 0 N–H and O–H groups in total. The van der Waals surface area contributed by atoms with Gasteiger partial charge in [0.1, 0.15) is 0 Å². The van der Waals surface area contributed by atoms with Crippen molar-refractivity contribution in [2.75, 3.05) is 0 Å². The molecule has 0 bridgehead atoms. The molecule has 0 aliphatic rings. The van der Waals surface area contributed by atoms with E-state index < -0.39 is 0 Å². The summed E-state index contributed by atoms with van der Waals surface area (Å²) in [5, 5.41) is 4.56. The maximum absolute atomic E-state index is 4.56. The first-order valence-corrected chi connectivity index (χ1v) is 9.33. The lowest BCUT2D eigenvalue weighted by atomic mass is 10.1. The standard InChI is InChI=1S/C22H28N4/c1-4-13-26-19(3)22(14-24-26)17-25(16-21-9-11-23-12-10-21)15-20-7-5-18(2)6-8-20/h5-12,14H,4,13,15-17H2,1-3H3. The number of hydrogen-bond acceptors (Lipinski definition) is 3.